The summed E-state index contributed by atoms with van der Waals surface area (Å²) in [6.45, 7) is 10.8. The van der Waals surface area contributed by atoms with E-state index in [9.17, 15) is 4.79 Å². The van der Waals surface area contributed by atoms with Crippen LogP contribution < -0.4 is 4.48 Å². The molecule has 2 heterocycles. The summed E-state index contributed by atoms with van der Waals surface area (Å²) < 4.78 is 2.59. The van der Waals surface area contributed by atoms with Crippen molar-refractivity contribution in [2.75, 3.05) is 26.2 Å². The van der Waals surface area contributed by atoms with Crippen molar-refractivity contribution < 1.29 is 4.79 Å². The molecule has 176 valence electrons. The maximum atomic E-state index is 13.7. The third-order valence-corrected chi connectivity index (χ3v) is 7.18. The summed E-state index contributed by atoms with van der Waals surface area (Å²) in [7, 11) is 0. The van der Waals surface area contributed by atoms with E-state index in [0.717, 1.165) is 43.7 Å². The Labute approximate surface area is 202 Å². The molecule has 1 aromatic heterocycles. The van der Waals surface area contributed by atoms with Crippen molar-refractivity contribution in [3.63, 3.8) is 0 Å². The van der Waals surface area contributed by atoms with E-state index < -0.39 is 0 Å². The number of aromatic nitrogens is 2. The molecule has 2 aromatic carbocycles. The minimum atomic E-state index is 0.284. The van der Waals surface area contributed by atoms with Gasteiger partial charge in [-0.05, 0) is 49.6 Å². The third-order valence-electron chi connectivity index (χ3n) is 7.18. The highest BCUT2D eigenvalue weighted by Gasteiger charge is 2.44. The van der Waals surface area contributed by atoms with E-state index >= 15 is 0 Å². The molecule has 3 aromatic rings. The topological polar surface area (TPSA) is 61.9 Å². The van der Waals surface area contributed by atoms with Crippen LogP contribution in [0.5, 0.6) is 0 Å². The summed E-state index contributed by atoms with van der Waals surface area (Å²) in [5, 5.41) is 9.02. The summed E-state index contributed by atoms with van der Waals surface area (Å²) in [6.07, 6.45) is 5.86. The molecule has 0 spiro atoms. The Kier molecular flexibility index (Phi) is 7.26. The summed E-state index contributed by atoms with van der Waals surface area (Å²) in [6, 6.07) is 16.2. The lowest BCUT2D eigenvalue weighted by Crippen LogP contribution is -2.65. The lowest BCUT2D eigenvalue weighted by atomic mass is 10.0. The second kappa shape index (κ2) is 10.3. The number of carbonyl (C=O) groups is 1. The van der Waals surface area contributed by atoms with Gasteiger partial charge in [0, 0.05) is 31.4 Å². The molecule has 1 saturated heterocycles. The van der Waals surface area contributed by atoms with Gasteiger partial charge in [0.25, 0.3) is 0 Å². The van der Waals surface area contributed by atoms with Gasteiger partial charge < -0.3 is 4.57 Å². The summed E-state index contributed by atoms with van der Waals surface area (Å²) in [5.41, 5.74) is 6.53. The smallest absolute Gasteiger partial charge is 0.329 e. The first kappa shape index (κ1) is 23.9. The third kappa shape index (κ3) is 4.82. The van der Waals surface area contributed by atoms with Crippen LogP contribution in [0.25, 0.3) is 0 Å². The van der Waals surface area contributed by atoms with Gasteiger partial charge in [-0.2, -0.15) is 5.26 Å². The van der Waals surface area contributed by atoms with Gasteiger partial charge in [0.15, 0.2) is 0 Å². The molecule has 0 radical (unpaired) electrons. The summed E-state index contributed by atoms with van der Waals surface area (Å²) >= 11 is 0. The molecular weight excluding hydrogens is 422 g/mol. The minimum absolute atomic E-state index is 0.284. The van der Waals surface area contributed by atoms with Gasteiger partial charge in [-0.25, -0.2) is 14.3 Å². The molecule has 4 rings (SSSR count). The molecule has 1 aliphatic heterocycles. The number of hydrogen-bond acceptors (Lipinski definition) is 4. The maximum Gasteiger partial charge on any atom is 0.332 e. The number of unbranched alkanes of at least 4 members (excludes halogenated alkanes) is 1. The summed E-state index contributed by atoms with van der Waals surface area (Å²) in [5.74, 6) is 0.284. The van der Waals surface area contributed by atoms with E-state index in [-0.39, 0.29) is 5.91 Å². The van der Waals surface area contributed by atoms with Crippen LogP contribution in [0.15, 0.2) is 55.0 Å². The quantitative estimate of drug-likeness (QED) is 0.466. The standard InChI is InChI=1S/C28H34N5O/c1-4-5-14-33(27-8-6-7-22(2)23(27)3)15-13-31(20-28(33)34)19-26-17-30-21-32(26)18-25-11-9-24(16-29)10-12-25/h6-12,17,21H,4-5,13-15,18-20H2,1-3H3/q+1. The second-order valence-electron chi connectivity index (χ2n) is 9.41. The number of nitrogens with zero attached hydrogens (tertiary/aromatic N) is 5. The molecular formula is C28H34N5O+. The van der Waals surface area contributed by atoms with E-state index in [1.54, 1.807) is 0 Å². The average Bonchev–Trinajstić information content (AvgIpc) is 3.27. The van der Waals surface area contributed by atoms with Crippen LogP contribution in [0.2, 0.25) is 0 Å². The predicted octanol–water partition coefficient (Wildman–Crippen LogP) is 4.57. The van der Waals surface area contributed by atoms with E-state index in [1.807, 2.05) is 36.8 Å². The molecule has 1 aliphatic rings. The Bertz CT molecular complexity index is 1190. The molecule has 1 atom stereocenters. The zero-order chi connectivity index (χ0) is 24.1. The number of piperazine rings is 1. The van der Waals surface area contributed by atoms with Crippen molar-refractivity contribution in [3.05, 3.63) is 82.9 Å². The molecule has 6 nitrogen and oxygen atoms in total. The van der Waals surface area contributed by atoms with Crippen LogP contribution in [-0.4, -0.2) is 46.5 Å². The van der Waals surface area contributed by atoms with Gasteiger partial charge in [0.05, 0.1) is 30.2 Å². The van der Waals surface area contributed by atoms with Crippen molar-refractivity contribution in [1.82, 2.24) is 18.9 Å². The fourth-order valence-corrected chi connectivity index (χ4v) is 4.95. The lowest BCUT2D eigenvalue weighted by molar-refractivity contribution is -0.135. The largest absolute Gasteiger partial charge is 0.332 e. The zero-order valence-electron chi connectivity index (χ0n) is 20.5. The highest BCUT2D eigenvalue weighted by molar-refractivity contribution is 5.91. The molecule has 1 fully saturated rings. The van der Waals surface area contributed by atoms with Crippen LogP contribution in [0.4, 0.5) is 5.69 Å². The van der Waals surface area contributed by atoms with Gasteiger partial charge in [0.2, 0.25) is 0 Å². The molecule has 1 amide bonds. The van der Waals surface area contributed by atoms with E-state index in [1.165, 1.54) is 16.8 Å². The van der Waals surface area contributed by atoms with Gasteiger partial charge in [-0.3, -0.25) is 4.90 Å². The number of rotatable bonds is 8. The number of imidazole rings is 1. The first-order valence-corrected chi connectivity index (χ1v) is 12.1. The van der Waals surface area contributed by atoms with E-state index in [4.69, 9.17) is 5.26 Å². The predicted molar refractivity (Wildman–Crippen MR) is 135 cm³/mol. The molecule has 6 heteroatoms. The van der Waals surface area contributed by atoms with E-state index in [0.29, 0.717) is 29.7 Å². The molecule has 0 saturated carbocycles. The van der Waals surface area contributed by atoms with Crippen molar-refractivity contribution in [2.24, 2.45) is 0 Å². The Morgan fingerprint density at radius 2 is 1.91 bits per heavy atom. The van der Waals surface area contributed by atoms with Gasteiger partial charge >= 0.3 is 5.91 Å². The molecule has 0 aliphatic carbocycles. The number of carbonyl (C=O) groups excluding carboxylic acids is 1. The normalized spacial score (nSPS) is 18.7. The first-order chi connectivity index (χ1) is 16.5. The molecule has 34 heavy (non-hydrogen) atoms. The maximum absolute atomic E-state index is 13.7. The first-order valence-electron chi connectivity index (χ1n) is 12.1. The van der Waals surface area contributed by atoms with Gasteiger partial charge in [0.1, 0.15) is 18.8 Å². The number of hydrogen-bond donors (Lipinski definition) is 0. The summed E-state index contributed by atoms with van der Waals surface area (Å²) in [4.78, 5) is 20.4. The Balaban J connectivity index is 1.50. The van der Waals surface area contributed by atoms with Crippen LogP contribution in [-0.2, 0) is 17.9 Å². The van der Waals surface area contributed by atoms with Crippen LogP contribution in [0.1, 0.15) is 47.7 Å². The minimum Gasteiger partial charge on any atom is -0.329 e. The van der Waals surface area contributed by atoms with Crippen molar-refractivity contribution in [3.8, 4) is 6.07 Å². The SMILES string of the molecule is CCCC[N+]1(c2cccc(C)c2C)CCN(Cc2cncn2Cc2ccc(C#N)cc2)CC1=O. The molecule has 0 N–H and O–H groups in total. The number of quaternary nitrogens is 1. The number of benzene rings is 2. The lowest BCUT2D eigenvalue weighted by Gasteiger charge is -2.42. The monoisotopic (exact) mass is 456 g/mol. The fraction of sp³-hybridized carbons (Fsp3) is 0.393. The Hall–Kier alpha value is -3.27. The number of aryl methyl sites for hydroxylation is 1. The van der Waals surface area contributed by atoms with Gasteiger partial charge in [-0.15, -0.1) is 0 Å². The van der Waals surface area contributed by atoms with E-state index in [2.05, 4.69) is 59.5 Å². The Morgan fingerprint density at radius 3 is 2.62 bits per heavy atom. The van der Waals surface area contributed by atoms with Crippen molar-refractivity contribution >= 4 is 11.6 Å². The Morgan fingerprint density at radius 1 is 1.12 bits per heavy atom. The fourth-order valence-electron chi connectivity index (χ4n) is 4.95. The van der Waals surface area contributed by atoms with Crippen molar-refractivity contribution in [2.45, 2.75) is 46.7 Å². The highest BCUT2D eigenvalue weighted by Crippen LogP contribution is 2.32. The number of nitriles is 1. The molecule has 0 bridgehead atoms. The van der Waals surface area contributed by atoms with Crippen molar-refractivity contribution in [1.29, 1.82) is 5.26 Å². The van der Waals surface area contributed by atoms with Crippen LogP contribution in [0.3, 0.4) is 0 Å². The zero-order valence-corrected chi connectivity index (χ0v) is 20.5. The highest BCUT2D eigenvalue weighted by atomic mass is 16.2. The number of amides is 1. The van der Waals surface area contributed by atoms with Crippen LogP contribution in [0, 0.1) is 25.2 Å². The molecule has 1 unspecified atom stereocenters. The second-order valence-corrected chi connectivity index (χ2v) is 9.41. The average molecular weight is 457 g/mol. The van der Waals surface area contributed by atoms with Gasteiger partial charge in [-0.1, -0.05) is 37.6 Å². The van der Waals surface area contributed by atoms with Crippen LogP contribution >= 0.6 is 0 Å².